The standard InChI is InChI=1S/C9H14ClN3O/c1-9(2,6-10)8(14)13-5-7-11-3-4-12-7/h3-4H,5-6H2,1-2H3,(H,11,12)(H,13,14). The number of carbonyl (C=O) groups excluding carboxylic acids is 1. The van der Waals surface area contributed by atoms with E-state index < -0.39 is 5.41 Å². The second kappa shape index (κ2) is 4.46. The number of nitrogens with zero attached hydrogens (tertiary/aromatic N) is 1. The van der Waals surface area contributed by atoms with Crippen LogP contribution in [0.25, 0.3) is 0 Å². The number of H-pyrrole nitrogens is 1. The van der Waals surface area contributed by atoms with Gasteiger partial charge in [-0.1, -0.05) is 0 Å². The number of rotatable bonds is 4. The van der Waals surface area contributed by atoms with E-state index in [4.69, 9.17) is 11.6 Å². The van der Waals surface area contributed by atoms with Crippen LogP contribution in [0.5, 0.6) is 0 Å². The average molecular weight is 216 g/mol. The average Bonchev–Trinajstić information content (AvgIpc) is 2.66. The van der Waals surface area contributed by atoms with Gasteiger partial charge in [-0.15, -0.1) is 11.6 Å². The molecule has 78 valence electrons. The van der Waals surface area contributed by atoms with Crippen molar-refractivity contribution in [3.8, 4) is 0 Å². The highest BCUT2D eigenvalue weighted by atomic mass is 35.5. The topological polar surface area (TPSA) is 57.8 Å². The number of imidazole rings is 1. The van der Waals surface area contributed by atoms with E-state index >= 15 is 0 Å². The van der Waals surface area contributed by atoms with Crippen LogP contribution in [0.4, 0.5) is 0 Å². The summed E-state index contributed by atoms with van der Waals surface area (Å²) in [5, 5.41) is 2.76. The van der Waals surface area contributed by atoms with E-state index in [1.54, 1.807) is 26.2 Å². The first kappa shape index (κ1) is 11.0. The first-order valence-corrected chi connectivity index (χ1v) is 4.92. The molecule has 0 aromatic carbocycles. The Balaban J connectivity index is 2.43. The van der Waals surface area contributed by atoms with E-state index in [0.717, 1.165) is 5.82 Å². The van der Waals surface area contributed by atoms with Crippen LogP contribution >= 0.6 is 11.6 Å². The lowest BCUT2D eigenvalue weighted by atomic mass is 9.95. The molecule has 1 aromatic heterocycles. The van der Waals surface area contributed by atoms with Crippen molar-refractivity contribution in [1.29, 1.82) is 0 Å². The lowest BCUT2D eigenvalue weighted by Crippen LogP contribution is -2.37. The van der Waals surface area contributed by atoms with Gasteiger partial charge in [0.1, 0.15) is 5.82 Å². The van der Waals surface area contributed by atoms with Crippen LogP contribution in [-0.2, 0) is 11.3 Å². The molecule has 14 heavy (non-hydrogen) atoms. The number of halogens is 1. The predicted octanol–water partition coefficient (Wildman–Crippen LogP) is 1.29. The minimum Gasteiger partial charge on any atom is -0.348 e. The number of carbonyl (C=O) groups is 1. The number of hydrogen-bond acceptors (Lipinski definition) is 2. The summed E-state index contributed by atoms with van der Waals surface area (Å²) in [7, 11) is 0. The molecular weight excluding hydrogens is 202 g/mol. The molecule has 5 heteroatoms. The SMILES string of the molecule is CC(C)(CCl)C(=O)NCc1ncc[nH]1. The normalized spacial score (nSPS) is 11.4. The minimum absolute atomic E-state index is 0.0658. The summed E-state index contributed by atoms with van der Waals surface area (Å²) in [4.78, 5) is 18.4. The number of aromatic nitrogens is 2. The van der Waals surface area contributed by atoms with Crippen molar-refractivity contribution in [3.05, 3.63) is 18.2 Å². The Kier molecular flexibility index (Phi) is 3.52. The van der Waals surface area contributed by atoms with E-state index in [0.29, 0.717) is 12.4 Å². The Morgan fingerprint density at radius 3 is 2.93 bits per heavy atom. The van der Waals surface area contributed by atoms with Crippen LogP contribution in [0.3, 0.4) is 0 Å². The molecule has 0 bridgehead atoms. The van der Waals surface area contributed by atoms with Gasteiger partial charge in [0.15, 0.2) is 0 Å². The Morgan fingerprint density at radius 2 is 2.43 bits per heavy atom. The van der Waals surface area contributed by atoms with Crippen LogP contribution in [0.15, 0.2) is 12.4 Å². The first-order valence-electron chi connectivity index (χ1n) is 4.39. The van der Waals surface area contributed by atoms with Crippen LogP contribution in [0, 0.1) is 5.41 Å². The summed E-state index contributed by atoms with van der Waals surface area (Å²) in [6.45, 7) is 4.01. The number of amides is 1. The van der Waals surface area contributed by atoms with Gasteiger partial charge in [0, 0.05) is 18.3 Å². The molecule has 0 aliphatic carbocycles. The quantitative estimate of drug-likeness (QED) is 0.744. The van der Waals surface area contributed by atoms with E-state index in [1.165, 1.54) is 0 Å². The molecule has 0 atom stereocenters. The predicted molar refractivity (Wildman–Crippen MR) is 54.9 cm³/mol. The van der Waals surface area contributed by atoms with Gasteiger partial charge in [-0.3, -0.25) is 4.79 Å². The summed E-state index contributed by atoms with van der Waals surface area (Å²) >= 11 is 5.66. The van der Waals surface area contributed by atoms with Gasteiger partial charge in [-0.05, 0) is 13.8 Å². The first-order chi connectivity index (χ1) is 6.56. The molecule has 0 aliphatic heterocycles. The van der Waals surface area contributed by atoms with Crippen molar-refractivity contribution < 1.29 is 4.79 Å². The summed E-state index contributed by atoms with van der Waals surface area (Å²) < 4.78 is 0. The smallest absolute Gasteiger partial charge is 0.227 e. The monoisotopic (exact) mass is 215 g/mol. The van der Waals surface area contributed by atoms with E-state index in [2.05, 4.69) is 15.3 Å². The van der Waals surface area contributed by atoms with Crippen molar-refractivity contribution >= 4 is 17.5 Å². The highest BCUT2D eigenvalue weighted by molar-refractivity contribution is 6.19. The number of hydrogen-bond donors (Lipinski definition) is 2. The fraction of sp³-hybridized carbons (Fsp3) is 0.556. The molecule has 1 heterocycles. The number of alkyl halides is 1. The molecule has 0 aliphatic rings. The van der Waals surface area contributed by atoms with E-state index in [1.807, 2.05) is 0 Å². The zero-order valence-corrected chi connectivity index (χ0v) is 9.06. The molecule has 4 nitrogen and oxygen atoms in total. The summed E-state index contributed by atoms with van der Waals surface area (Å²) in [5.41, 5.74) is -0.534. The van der Waals surface area contributed by atoms with Crippen molar-refractivity contribution in [2.75, 3.05) is 5.88 Å². The zero-order valence-electron chi connectivity index (χ0n) is 8.30. The number of aromatic amines is 1. The minimum atomic E-state index is -0.534. The molecular formula is C9H14ClN3O. The molecule has 0 unspecified atom stereocenters. The Hall–Kier alpha value is -1.03. The zero-order chi connectivity index (χ0) is 10.6. The Bertz CT molecular complexity index is 295. The van der Waals surface area contributed by atoms with Gasteiger partial charge < -0.3 is 10.3 Å². The molecule has 1 amide bonds. The van der Waals surface area contributed by atoms with Gasteiger partial charge >= 0.3 is 0 Å². The molecule has 0 radical (unpaired) electrons. The Morgan fingerprint density at radius 1 is 1.71 bits per heavy atom. The summed E-state index contributed by atoms with van der Waals surface area (Å²) in [6, 6.07) is 0. The van der Waals surface area contributed by atoms with Gasteiger partial charge in [0.05, 0.1) is 12.0 Å². The summed E-state index contributed by atoms with van der Waals surface area (Å²) in [6.07, 6.45) is 3.36. The largest absolute Gasteiger partial charge is 0.348 e. The van der Waals surface area contributed by atoms with Crippen molar-refractivity contribution in [3.63, 3.8) is 0 Å². The maximum Gasteiger partial charge on any atom is 0.227 e. The van der Waals surface area contributed by atoms with Crippen molar-refractivity contribution in [2.45, 2.75) is 20.4 Å². The Labute approximate surface area is 88.1 Å². The fourth-order valence-corrected chi connectivity index (χ4v) is 0.980. The molecule has 1 aromatic rings. The van der Waals surface area contributed by atoms with Gasteiger partial charge in [-0.25, -0.2) is 4.98 Å². The third-order valence-corrected chi connectivity index (χ3v) is 2.59. The molecule has 1 rings (SSSR count). The van der Waals surface area contributed by atoms with Crippen molar-refractivity contribution in [1.82, 2.24) is 15.3 Å². The van der Waals surface area contributed by atoms with Crippen LogP contribution in [-0.4, -0.2) is 21.8 Å². The third kappa shape index (κ3) is 2.73. The van der Waals surface area contributed by atoms with Crippen LogP contribution in [0.2, 0.25) is 0 Å². The third-order valence-electron chi connectivity index (χ3n) is 1.92. The summed E-state index contributed by atoms with van der Waals surface area (Å²) in [5.74, 6) is 0.976. The van der Waals surface area contributed by atoms with Crippen molar-refractivity contribution in [2.24, 2.45) is 5.41 Å². The number of nitrogens with one attached hydrogen (secondary N) is 2. The molecule has 0 fully saturated rings. The highest BCUT2D eigenvalue weighted by Crippen LogP contribution is 2.16. The second-order valence-electron chi connectivity index (χ2n) is 3.74. The van der Waals surface area contributed by atoms with Gasteiger partial charge in [0.25, 0.3) is 0 Å². The lowest BCUT2D eigenvalue weighted by Gasteiger charge is -2.19. The van der Waals surface area contributed by atoms with E-state index in [9.17, 15) is 4.79 Å². The van der Waals surface area contributed by atoms with Crippen LogP contribution < -0.4 is 5.32 Å². The van der Waals surface area contributed by atoms with Crippen LogP contribution in [0.1, 0.15) is 19.7 Å². The second-order valence-corrected chi connectivity index (χ2v) is 4.00. The fourth-order valence-electron chi connectivity index (χ4n) is 0.859. The lowest BCUT2D eigenvalue weighted by molar-refractivity contribution is -0.128. The maximum absolute atomic E-state index is 11.6. The van der Waals surface area contributed by atoms with E-state index in [-0.39, 0.29) is 5.91 Å². The highest BCUT2D eigenvalue weighted by Gasteiger charge is 2.25. The maximum atomic E-state index is 11.6. The molecule has 0 spiro atoms. The molecule has 2 N–H and O–H groups in total. The van der Waals surface area contributed by atoms with Gasteiger partial charge in [-0.2, -0.15) is 0 Å². The molecule has 0 saturated carbocycles. The van der Waals surface area contributed by atoms with Gasteiger partial charge in [0.2, 0.25) is 5.91 Å². The molecule has 0 saturated heterocycles.